The number of aromatic nitrogens is 5. The highest BCUT2D eigenvalue weighted by Crippen LogP contribution is 2.25. The van der Waals surface area contributed by atoms with Gasteiger partial charge in [0.25, 0.3) is 0 Å². The third-order valence-electron chi connectivity index (χ3n) is 4.45. The van der Waals surface area contributed by atoms with Gasteiger partial charge in [0.05, 0.1) is 5.69 Å². The van der Waals surface area contributed by atoms with E-state index in [2.05, 4.69) is 25.4 Å². The third-order valence-corrected chi connectivity index (χ3v) is 4.45. The monoisotopic (exact) mass is 334 g/mol. The van der Waals surface area contributed by atoms with Gasteiger partial charge in [-0.2, -0.15) is 4.68 Å². The highest BCUT2D eigenvalue weighted by molar-refractivity contribution is 5.96. The van der Waals surface area contributed by atoms with E-state index in [0.717, 1.165) is 25.1 Å². The summed E-state index contributed by atoms with van der Waals surface area (Å²) in [4.78, 5) is 19.0. The van der Waals surface area contributed by atoms with Crippen LogP contribution < -0.4 is 4.90 Å². The van der Waals surface area contributed by atoms with Crippen LogP contribution >= 0.6 is 0 Å². The van der Waals surface area contributed by atoms with Gasteiger partial charge in [0.1, 0.15) is 5.69 Å². The first-order valence-electron chi connectivity index (χ1n) is 8.37. The smallest absolute Gasteiger partial charge is 0.250 e. The van der Waals surface area contributed by atoms with E-state index in [9.17, 15) is 4.79 Å². The largest absolute Gasteiger partial charge is 0.339 e. The van der Waals surface area contributed by atoms with Crippen LogP contribution in [0.5, 0.6) is 0 Å². The number of hydrogen-bond donors (Lipinski definition) is 0. The van der Waals surface area contributed by atoms with Gasteiger partial charge in [-0.1, -0.05) is 29.4 Å². The molecular weight excluding hydrogens is 316 g/mol. The number of carbonyl (C=O) groups is 1. The second-order valence-corrected chi connectivity index (χ2v) is 6.09. The number of pyridine rings is 1. The number of hydrogen-bond acceptors (Lipinski definition) is 6. The predicted molar refractivity (Wildman–Crippen MR) is 92.7 cm³/mol. The molecule has 0 spiro atoms. The minimum atomic E-state index is -0.0930. The Bertz CT molecular complexity index is 848. The molecule has 2 aromatic heterocycles. The maximum atomic E-state index is 12.7. The molecule has 1 saturated heterocycles. The number of ketones is 1. The van der Waals surface area contributed by atoms with Crippen molar-refractivity contribution in [3.63, 3.8) is 0 Å². The normalized spacial score (nSPS) is 17.4. The molecule has 126 valence electrons. The fourth-order valence-electron chi connectivity index (χ4n) is 3.21. The molecule has 0 bridgehead atoms. The number of piperidine rings is 1. The van der Waals surface area contributed by atoms with E-state index in [4.69, 9.17) is 0 Å². The SMILES string of the molecule is O=C(c1ccccn1)C1CCCN(c2nnnn2-c2ccccc2)C1. The summed E-state index contributed by atoms with van der Waals surface area (Å²) in [5.74, 6) is 0.665. The molecule has 3 aromatic rings. The summed E-state index contributed by atoms with van der Waals surface area (Å²) in [5, 5.41) is 12.1. The van der Waals surface area contributed by atoms with Crippen LogP contribution in [0.4, 0.5) is 5.95 Å². The first-order chi connectivity index (χ1) is 12.3. The Balaban J connectivity index is 1.57. The van der Waals surface area contributed by atoms with Crippen LogP contribution in [0.25, 0.3) is 5.69 Å². The fourth-order valence-corrected chi connectivity index (χ4v) is 3.21. The van der Waals surface area contributed by atoms with E-state index in [0.29, 0.717) is 18.2 Å². The maximum absolute atomic E-state index is 12.7. The first kappa shape index (κ1) is 15.4. The molecule has 4 rings (SSSR count). The van der Waals surface area contributed by atoms with E-state index in [1.165, 1.54) is 0 Å². The summed E-state index contributed by atoms with van der Waals surface area (Å²) in [6.45, 7) is 1.43. The van der Waals surface area contributed by atoms with Gasteiger partial charge in [0, 0.05) is 25.2 Å². The van der Waals surface area contributed by atoms with E-state index in [1.807, 2.05) is 42.5 Å². The van der Waals surface area contributed by atoms with Crippen molar-refractivity contribution in [2.45, 2.75) is 12.8 Å². The molecule has 1 aromatic carbocycles. The van der Waals surface area contributed by atoms with Crippen molar-refractivity contribution >= 4 is 11.7 Å². The van der Waals surface area contributed by atoms with Gasteiger partial charge in [-0.05, 0) is 47.5 Å². The van der Waals surface area contributed by atoms with Gasteiger partial charge >= 0.3 is 0 Å². The molecule has 0 saturated carbocycles. The van der Waals surface area contributed by atoms with Crippen molar-refractivity contribution in [1.82, 2.24) is 25.2 Å². The van der Waals surface area contributed by atoms with Gasteiger partial charge in [-0.25, -0.2) is 0 Å². The number of carbonyl (C=O) groups excluding carboxylic acids is 1. The molecule has 3 heterocycles. The van der Waals surface area contributed by atoms with Crippen molar-refractivity contribution < 1.29 is 4.79 Å². The molecule has 7 heteroatoms. The minimum Gasteiger partial charge on any atom is -0.339 e. The van der Waals surface area contributed by atoms with Gasteiger partial charge in [-0.3, -0.25) is 9.78 Å². The molecule has 1 fully saturated rings. The molecule has 0 N–H and O–H groups in total. The first-order valence-corrected chi connectivity index (χ1v) is 8.37. The number of para-hydroxylation sites is 1. The van der Waals surface area contributed by atoms with E-state index >= 15 is 0 Å². The average molecular weight is 334 g/mol. The Labute approximate surface area is 145 Å². The second kappa shape index (κ2) is 6.80. The lowest BCUT2D eigenvalue weighted by Gasteiger charge is -2.31. The van der Waals surface area contributed by atoms with Gasteiger partial charge in [0.15, 0.2) is 5.78 Å². The number of rotatable bonds is 4. The maximum Gasteiger partial charge on any atom is 0.250 e. The molecule has 7 nitrogen and oxygen atoms in total. The molecule has 1 unspecified atom stereocenters. The van der Waals surface area contributed by atoms with Gasteiger partial charge in [0.2, 0.25) is 5.95 Å². The summed E-state index contributed by atoms with van der Waals surface area (Å²) >= 11 is 0. The molecular formula is C18H18N6O. The third kappa shape index (κ3) is 3.13. The van der Waals surface area contributed by atoms with Gasteiger partial charge in [-0.15, -0.1) is 0 Å². The molecule has 1 atom stereocenters. The standard InChI is InChI=1S/C18H18N6O/c25-17(16-10-4-5-11-19-16)14-7-6-12-23(13-14)18-20-21-22-24(18)15-8-2-1-3-9-15/h1-5,8-11,14H,6-7,12-13H2. The van der Waals surface area contributed by atoms with E-state index in [1.54, 1.807) is 16.9 Å². The van der Waals surface area contributed by atoms with Crippen LogP contribution in [0.1, 0.15) is 23.3 Å². The summed E-state index contributed by atoms with van der Waals surface area (Å²) in [6, 6.07) is 15.2. The van der Waals surface area contributed by atoms with E-state index < -0.39 is 0 Å². The zero-order chi connectivity index (χ0) is 17.1. The Morgan fingerprint density at radius 2 is 1.92 bits per heavy atom. The highest BCUT2D eigenvalue weighted by Gasteiger charge is 2.29. The summed E-state index contributed by atoms with van der Waals surface area (Å²) in [5.41, 5.74) is 1.43. The predicted octanol–water partition coefficient (Wildman–Crippen LogP) is 2.16. The van der Waals surface area contributed by atoms with Crippen molar-refractivity contribution in [2.24, 2.45) is 5.92 Å². The number of nitrogens with zero attached hydrogens (tertiary/aromatic N) is 6. The Kier molecular flexibility index (Phi) is 4.20. The fraction of sp³-hybridized carbons (Fsp3) is 0.278. The van der Waals surface area contributed by atoms with Crippen LogP contribution in [-0.2, 0) is 0 Å². The van der Waals surface area contributed by atoms with Crippen molar-refractivity contribution in [2.75, 3.05) is 18.0 Å². The lowest BCUT2D eigenvalue weighted by atomic mass is 9.92. The van der Waals surface area contributed by atoms with Gasteiger partial charge < -0.3 is 4.90 Å². The van der Waals surface area contributed by atoms with Crippen LogP contribution in [0.2, 0.25) is 0 Å². The van der Waals surface area contributed by atoms with E-state index in [-0.39, 0.29) is 11.7 Å². The average Bonchev–Trinajstić information content (AvgIpc) is 3.19. The highest BCUT2D eigenvalue weighted by atomic mass is 16.1. The van der Waals surface area contributed by atoms with Crippen molar-refractivity contribution in [1.29, 1.82) is 0 Å². The molecule has 0 amide bonds. The second-order valence-electron chi connectivity index (χ2n) is 6.09. The molecule has 25 heavy (non-hydrogen) atoms. The number of Topliss-reactive ketones (excluding diaryl/α,β-unsaturated/α-hetero) is 1. The minimum absolute atomic E-state index is 0.0871. The number of anilines is 1. The Morgan fingerprint density at radius 3 is 2.72 bits per heavy atom. The lowest BCUT2D eigenvalue weighted by Crippen LogP contribution is -2.40. The summed E-state index contributed by atoms with van der Waals surface area (Å²) in [7, 11) is 0. The summed E-state index contributed by atoms with van der Waals surface area (Å²) < 4.78 is 1.72. The quantitative estimate of drug-likeness (QED) is 0.681. The Hall–Kier alpha value is -3.09. The zero-order valence-corrected chi connectivity index (χ0v) is 13.7. The Morgan fingerprint density at radius 1 is 1.08 bits per heavy atom. The van der Waals surface area contributed by atoms with Crippen LogP contribution in [0.3, 0.4) is 0 Å². The lowest BCUT2D eigenvalue weighted by molar-refractivity contribution is 0.0901. The number of tetrazole rings is 1. The van der Waals surface area contributed by atoms with Crippen molar-refractivity contribution in [3.05, 3.63) is 60.4 Å². The van der Waals surface area contributed by atoms with Crippen LogP contribution in [0.15, 0.2) is 54.7 Å². The molecule has 1 aliphatic heterocycles. The van der Waals surface area contributed by atoms with Crippen LogP contribution in [0, 0.1) is 5.92 Å². The molecule has 0 radical (unpaired) electrons. The molecule has 1 aliphatic rings. The number of benzene rings is 1. The summed E-state index contributed by atoms with van der Waals surface area (Å²) in [6.07, 6.45) is 3.44. The zero-order valence-electron chi connectivity index (χ0n) is 13.7. The van der Waals surface area contributed by atoms with Crippen molar-refractivity contribution in [3.8, 4) is 5.69 Å². The van der Waals surface area contributed by atoms with Crippen LogP contribution in [-0.4, -0.2) is 44.1 Å². The topological polar surface area (TPSA) is 76.8 Å². The molecule has 0 aliphatic carbocycles.